The number of carbonyl (C=O) groups excluding carboxylic acids is 2. The number of amides is 2. The molecule has 2 heterocycles. The number of hydrogen-bond acceptors (Lipinski definition) is 4. The Kier molecular flexibility index (Phi) is 4.78. The van der Waals surface area contributed by atoms with E-state index >= 15 is 0 Å². The molecule has 0 spiro atoms. The summed E-state index contributed by atoms with van der Waals surface area (Å²) in [6.45, 7) is 9.00. The predicted molar refractivity (Wildman–Crippen MR) is 81.4 cm³/mol. The maximum absolute atomic E-state index is 12.3. The van der Waals surface area contributed by atoms with E-state index in [0.717, 1.165) is 5.56 Å². The topological polar surface area (TPSA) is 63.0 Å². The van der Waals surface area contributed by atoms with Crippen LogP contribution in [0.3, 0.4) is 0 Å². The zero-order valence-corrected chi connectivity index (χ0v) is 13.7. The maximum atomic E-state index is 12.3. The number of furan rings is 1. The molecule has 0 aliphatic carbocycles. The molecule has 1 aromatic rings. The van der Waals surface area contributed by atoms with E-state index < -0.39 is 5.60 Å². The standard InChI is InChI=1S/C16H24N2O4/c1-12-10-17(15(20)22-16(2,3)4)6-7-18(12)14(19)9-13-5-8-21-11-13/h5,8,11-12H,6-7,9-10H2,1-4H3/t12-/m1/s1. The number of carbonyl (C=O) groups is 2. The lowest BCUT2D eigenvalue weighted by molar-refractivity contribution is -0.134. The summed E-state index contributed by atoms with van der Waals surface area (Å²) in [5.41, 5.74) is 0.362. The Balaban J connectivity index is 1.89. The van der Waals surface area contributed by atoms with Crippen molar-refractivity contribution in [3.05, 3.63) is 24.2 Å². The highest BCUT2D eigenvalue weighted by atomic mass is 16.6. The van der Waals surface area contributed by atoms with Gasteiger partial charge >= 0.3 is 6.09 Å². The number of ether oxygens (including phenoxy) is 1. The zero-order valence-electron chi connectivity index (χ0n) is 13.7. The molecule has 0 saturated carbocycles. The molecule has 122 valence electrons. The van der Waals surface area contributed by atoms with Gasteiger partial charge in [-0.1, -0.05) is 0 Å². The van der Waals surface area contributed by atoms with Gasteiger partial charge in [-0.25, -0.2) is 4.79 Å². The van der Waals surface area contributed by atoms with Crippen LogP contribution in [0.15, 0.2) is 23.0 Å². The van der Waals surface area contributed by atoms with Crippen molar-refractivity contribution in [2.45, 2.75) is 45.8 Å². The second-order valence-corrected chi connectivity index (χ2v) is 6.67. The molecular weight excluding hydrogens is 284 g/mol. The Hall–Kier alpha value is -1.98. The van der Waals surface area contributed by atoms with Crippen LogP contribution in [0.4, 0.5) is 4.79 Å². The molecule has 0 unspecified atom stereocenters. The SMILES string of the molecule is C[C@@H]1CN(C(=O)OC(C)(C)C)CCN1C(=O)Cc1ccoc1. The molecule has 1 saturated heterocycles. The third kappa shape index (κ3) is 4.26. The molecule has 1 aromatic heterocycles. The third-order valence-electron chi connectivity index (χ3n) is 3.53. The van der Waals surface area contributed by atoms with Gasteiger partial charge < -0.3 is 19.0 Å². The Morgan fingerprint density at radius 2 is 2.09 bits per heavy atom. The highest BCUT2D eigenvalue weighted by Crippen LogP contribution is 2.16. The second kappa shape index (κ2) is 6.42. The summed E-state index contributed by atoms with van der Waals surface area (Å²) in [6, 6.07) is 1.76. The number of nitrogens with zero attached hydrogens (tertiary/aromatic N) is 2. The van der Waals surface area contributed by atoms with Gasteiger partial charge in [0.05, 0.1) is 18.9 Å². The first-order valence-electron chi connectivity index (χ1n) is 7.55. The van der Waals surface area contributed by atoms with Crippen LogP contribution in [-0.4, -0.2) is 53.1 Å². The predicted octanol–water partition coefficient (Wildman–Crippen LogP) is 2.29. The van der Waals surface area contributed by atoms with E-state index in [4.69, 9.17) is 9.15 Å². The van der Waals surface area contributed by atoms with Gasteiger partial charge in [-0.3, -0.25) is 4.79 Å². The summed E-state index contributed by atoms with van der Waals surface area (Å²) >= 11 is 0. The first-order valence-corrected chi connectivity index (χ1v) is 7.55. The van der Waals surface area contributed by atoms with Crippen molar-refractivity contribution in [3.8, 4) is 0 Å². The minimum absolute atomic E-state index is 0.0272. The van der Waals surface area contributed by atoms with Gasteiger partial charge in [0.2, 0.25) is 5.91 Å². The fraction of sp³-hybridized carbons (Fsp3) is 0.625. The van der Waals surface area contributed by atoms with Crippen LogP contribution in [0.1, 0.15) is 33.3 Å². The van der Waals surface area contributed by atoms with Crippen molar-refractivity contribution in [2.24, 2.45) is 0 Å². The smallest absolute Gasteiger partial charge is 0.410 e. The lowest BCUT2D eigenvalue weighted by Gasteiger charge is -2.40. The van der Waals surface area contributed by atoms with Gasteiger partial charge in [-0.2, -0.15) is 0 Å². The molecule has 6 heteroatoms. The third-order valence-corrected chi connectivity index (χ3v) is 3.53. The molecule has 1 fully saturated rings. The Bertz CT molecular complexity index is 519. The van der Waals surface area contributed by atoms with E-state index in [0.29, 0.717) is 26.1 Å². The largest absolute Gasteiger partial charge is 0.472 e. The number of piperazine rings is 1. The molecule has 1 aliphatic rings. The van der Waals surface area contributed by atoms with Crippen molar-refractivity contribution in [3.63, 3.8) is 0 Å². The van der Waals surface area contributed by atoms with Gasteiger partial charge in [-0.05, 0) is 39.3 Å². The summed E-state index contributed by atoms with van der Waals surface area (Å²) in [5.74, 6) is 0.0535. The van der Waals surface area contributed by atoms with Crippen LogP contribution in [0.2, 0.25) is 0 Å². The van der Waals surface area contributed by atoms with E-state index in [1.807, 2.05) is 32.6 Å². The summed E-state index contributed by atoms with van der Waals surface area (Å²) < 4.78 is 10.4. The summed E-state index contributed by atoms with van der Waals surface area (Å²) in [4.78, 5) is 27.9. The maximum Gasteiger partial charge on any atom is 0.410 e. The normalized spacial score (nSPS) is 19.2. The average Bonchev–Trinajstić information content (AvgIpc) is 2.89. The van der Waals surface area contributed by atoms with Crippen molar-refractivity contribution in [1.29, 1.82) is 0 Å². The molecule has 1 atom stereocenters. The number of hydrogen-bond donors (Lipinski definition) is 0. The monoisotopic (exact) mass is 308 g/mol. The van der Waals surface area contributed by atoms with Crippen LogP contribution in [0.25, 0.3) is 0 Å². The highest BCUT2D eigenvalue weighted by Gasteiger charge is 2.31. The summed E-state index contributed by atoms with van der Waals surface area (Å²) in [5, 5.41) is 0. The lowest BCUT2D eigenvalue weighted by atomic mass is 10.1. The minimum Gasteiger partial charge on any atom is -0.472 e. The average molecular weight is 308 g/mol. The molecule has 0 radical (unpaired) electrons. The van der Waals surface area contributed by atoms with E-state index in [1.54, 1.807) is 23.5 Å². The van der Waals surface area contributed by atoms with Crippen molar-refractivity contribution < 1.29 is 18.7 Å². The van der Waals surface area contributed by atoms with Crippen LogP contribution in [0.5, 0.6) is 0 Å². The fourth-order valence-electron chi connectivity index (χ4n) is 2.49. The van der Waals surface area contributed by atoms with Crippen LogP contribution in [-0.2, 0) is 16.0 Å². The van der Waals surface area contributed by atoms with E-state index in [-0.39, 0.29) is 18.0 Å². The fourth-order valence-corrected chi connectivity index (χ4v) is 2.49. The van der Waals surface area contributed by atoms with Crippen molar-refractivity contribution in [1.82, 2.24) is 9.80 Å². The molecular formula is C16H24N2O4. The first kappa shape index (κ1) is 16.4. The van der Waals surface area contributed by atoms with E-state index in [9.17, 15) is 9.59 Å². The molecule has 0 aromatic carbocycles. The summed E-state index contributed by atoms with van der Waals surface area (Å²) in [6.07, 6.45) is 3.15. The van der Waals surface area contributed by atoms with Gasteiger partial charge in [-0.15, -0.1) is 0 Å². The summed E-state index contributed by atoms with van der Waals surface area (Å²) in [7, 11) is 0. The van der Waals surface area contributed by atoms with Crippen molar-refractivity contribution >= 4 is 12.0 Å². The minimum atomic E-state index is -0.505. The second-order valence-electron chi connectivity index (χ2n) is 6.67. The van der Waals surface area contributed by atoms with Gasteiger partial charge in [0, 0.05) is 25.7 Å². The van der Waals surface area contributed by atoms with Crippen LogP contribution >= 0.6 is 0 Å². The van der Waals surface area contributed by atoms with Crippen LogP contribution in [0, 0.1) is 0 Å². The zero-order chi connectivity index (χ0) is 16.3. The van der Waals surface area contributed by atoms with E-state index in [2.05, 4.69) is 0 Å². The lowest BCUT2D eigenvalue weighted by Crippen LogP contribution is -2.56. The molecule has 2 amide bonds. The molecule has 0 N–H and O–H groups in total. The van der Waals surface area contributed by atoms with Gasteiger partial charge in [0.15, 0.2) is 0 Å². The Morgan fingerprint density at radius 1 is 1.36 bits per heavy atom. The van der Waals surface area contributed by atoms with Crippen LogP contribution < -0.4 is 0 Å². The van der Waals surface area contributed by atoms with Crippen molar-refractivity contribution in [2.75, 3.05) is 19.6 Å². The van der Waals surface area contributed by atoms with Gasteiger partial charge in [0.25, 0.3) is 0 Å². The Morgan fingerprint density at radius 3 is 2.64 bits per heavy atom. The molecule has 1 aliphatic heterocycles. The number of rotatable bonds is 2. The molecule has 0 bridgehead atoms. The van der Waals surface area contributed by atoms with E-state index in [1.165, 1.54) is 0 Å². The molecule has 6 nitrogen and oxygen atoms in total. The molecule has 2 rings (SSSR count). The molecule has 22 heavy (non-hydrogen) atoms. The quantitative estimate of drug-likeness (QED) is 0.841. The highest BCUT2D eigenvalue weighted by molar-refractivity contribution is 5.79. The first-order chi connectivity index (χ1) is 10.3. The van der Waals surface area contributed by atoms with Gasteiger partial charge in [0.1, 0.15) is 5.60 Å². The Labute approximate surface area is 131 Å².